The molecular weight excluding hydrogens is 530 g/mol. The van der Waals surface area contributed by atoms with Crippen LogP contribution in [0.5, 0.6) is 5.75 Å². The number of amides is 1. The number of imidazole rings is 1. The van der Waals surface area contributed by atoms with Gasteiger partial charge in [0.15, 0.2) is 17.0 Å². The zero-order valence-corrected chi connectivity index (χ0v) is 23.8. The molecule has 1 amide bonds. The van der Waals surface area contributed by atoms with Crippen molar-refractivity contribution in [2.75, 3.05) is 65.3 Å². The average molecular weight is 564 g/mol. The number of fused-ring (bicyclic) bond motifs is 1. The van der Waals surface area contributed by atoms with Crippen LogP contribution in [0.25, 0.3) is 22.6 Å². The van der Waals surface area contributed by atoms with Crippen molar-refractivity contribution in [2.45, 2.75) is 13.5 Å². The molecular formula is C28H34ClN9O2. The molecule has 1 saturated heterocycles. The molecule has 4 aromatic rings. The smallest absolute Gasteiger partial charge is 0.241 e. The molecule has 1 aliphatic heterocycles. The maximum absolute atomic E-state index is 12.2. The van der Waals surface area contributed by atoms with Crippen LogP contribution in [-0.2, 0) is 11.3 Å². The lowest BCUT2D eigenvalue weighted by Crippen LogP contribution is -2.44. The lowest BCUT2D eigenvalue weighted by molar-refractivity contribution is -0.126. The second-order valence-electron chi connectivity index (χ2n) is 9.96. The van der Waals surface area contributed by atoms with Crippen molar-refractivity contribution in [3.05, 3.63) is 59.1 Å². The number of piperazine rings is 1. The van der Waals surface area contributed by atoms with Gasteiger partial charge in [0.1, 0.15) is 24.5 Å². The first-order valence-electron chi connectivity index (χ1n) is 13.3. The van der Waals surface area contributed by atoms with Crippen LogP contribution in [0.2, 0.25) is 5.02 Å². The van der Waals surface area contributed by atoms with Crippen molar-refractivity contribution in [1.29, 1.82) is 0 Å². The van der Waals surface area contributed by atoms with Gasteiger partial charge in [-0.3, -0.25) is 14.7 Å². The fraction of sp³-hybridized carbons (Fsp3) is 0.393. The minimum Gasteiger partial charge on any atom is -0.492 e. The molecule has 0 radical (unpaired) electrons. The molecule has 3 aromatic heterocycles. The molecule has 1 aromatic carbocycles. The van der Waals surface area contributed by atoms with Gasteiger partial charge in [-0.2, -0.15) is 0 Å². The first-order valence-corrected chi connectivity index (χ1v) is 13.7. The van der Waals surface area contributed by atoms with Gasteiger partial charge < -0.3 is 24.8 Å². The highest BCUT2D eigenvalue weighted by molar-refractivity contribution is 6.33. The molecule has 11 nitrogen and oxygen atoms in total. The maximum atomic E-state index is 12.2. The molecule has 0 aliphatic carbocycles. The predicted octanol–water partition coefficient (Wildman–Crippen LogP) is 2.68. The van der Waals surface area contributed by atoms with Gasteiger partial charge in [-0.25, -0.2) is 15.0 Å². The van der Waals surface area contributed by atoms with E-state index in [9.17, 15) is 4.79 Å². The van der Waals surface area contributed by atoms with Gasteiger partial charge in [0.05, 0.1) is 23.8 Å². The topological polar surface area (TPSA) is 113 Å². The fourth-order valence-electron chi connectivity index (χ4n) is 4.58. The van der Waals surface area contributed by atoms with Gasteiger partial charge in [-0.15, -0.1) is 0 Å². The van der Waals surface area contributed by atoms with E-state index in [0.29, 0.717) is 46.7 Å². The lowest BCUT2D eigenvalue weighted by atomic mass is 10.2. The van der Waals surface area contributed by atoms with Crippen LogP contribution in [0.4, 0.5) is 5.82 Å². The number of hydrogen-bond donors (Lipinski definition) is 2. The van der Waals surface area contributed by atoms with E-state index >= 15 is 0 Å². The number of carbonyl (C=O) groups excluding carboxylic acids is 1. The summed E-state index contributed by atoms with van der Waals surface area (Å²) in [4.78, 5) is 34.5. The Hall–Kier alpha value is -3.80. The number of anilines is 1. The van der Waals surface area contributed by atoms with Crippen LogP contribution in [0.15, 0.2) is 42.9 Å². The van der Waals surface area contributed by atoms with Crippen LogP contribution in [0.1, 0.15) is 11.3 Å². The molecule has 1 aliphatic rings. The van der Waals surface area contributed by atoms with E-state index in [2.05, 4.69) is 30.5 Å². The Morgan fingerprint density at radius 3 is 2.73 bits per heavy atom. The van der Waals surface area contributed by atoms with Crippen molar-refractivity contribution < 1.29 is 9.53 Å². The van der Waals surface area contributed by atoms with E-state index in [4.69, 9.17) is 21.3 Å². The Kier molecular flexibility index (Phi) is 8.73. The summed E-state index contributed by atoms with van der Waals surface area (Å²) in [5.41, 5.74) is 3.86. The van der Waals surface area contributed by atoms with Gasteiger partial charge in [-0.1, -0.05) is 11.6 Å². The van der Waals surface area contributed by atoms with Gasteiger partial charge in [0, 0.05) is 58.6 Å². The van der Waals surface area contributed by atoms with Crippen molar-refractivity contribution in [3.8, 4) is 17.1 Å². The summed E-state index contributed by atoms with van der Waals surface area (Å²) >= 11 is 6.83. The van der Waals surface area contributed by atoms with E-state index < -0.39 is 0 Å². The standard InChI is InChI=1S/C28H34ClN9O2/c1-19-6-7-31-20(14-19)17-38-27(35-25-26(33-18-34-28(25)38)32-16-24(39)36(2)3)22-5-4-21(15-23(22)29)40-13-12-37-10-8-30-9-11-37/h4-7,14-15,18,30H,8-13,16-17H2,1-3H3,(H,32,33,34). The monoisotopic (exact) mass is 563 g/mol. The third kappa shape index (κ3) is 6.49. The first kappa shape index (κ1) is 27.8. The summed E-state index contributed by atoms with van der Waals surface area (Å²) in [6, 6.07) is 9.64. The number of carbonyl (C=O) groups is 1. The molecule has 0 saturated carbocycles. The number of ether oxygens (including phenoxy) is 1. The van der Waals surface area contributed by atoms with Gasteiger partial charge >= 0.3 is 0 Å². The normalized spacial score (nSPS) is 13.9. The zero-order chi connectivity index (χ0) is 28.1. The number of likely N-dealkylation sites (N-methyl/N-ethyl adjacent to an activating group) is 1. The van der Waals surface area contributed by atoms with Gasteiger partial charge in [-0.05, 0) is 42.8 Å². The molecule has 4 heterocycles. The third-order valence-corrected chi connectivity index (χ3v) is 7.11. The van der Waals surface area contributed by atoms with Crippen molar-refractivity contribution in [3.63, 3.8) is 0 Å². The van der Waals surface area contributed by atoms with E-state index in [-0.39, 0.29) is 12.5 Å². The molecule has 0 spiro atoms. The highest BCUT2D eigenvalue weighted by Gasteiger charge is 2.21. The highest BCUT2D eigenvalue weighted by atomic mass is 35.5. The Morgan fingerprint density at radius 1 is 1.15 bits per heavy atom. The number of nitrogens with one attached hydrogen (secondary N) is 2. The number of hydrogen-bond acceptors (Lipinski definition) is 9. The molecule has 0 bridgehead atoms. The van der Waals surface area contributed by atoms with Crippen LogP contribution in [-0.4, -0.2) is 100 Å². The Labute approximate surface area is 238 Å². The van der Waals surface area contributed by atoms with Gasteiger partial charge in [0.2, 0.25) is 5.91 Å². The van der Waals surface area contributed by atoms with Gasteiger partial charge in [0.25, 0.3) is 0 Å². The largest absolute Gasteiger partial charge is 0.492 e. The van der Waals surface area contributed by atoms with Crippen molar-refractivity contribution in [1.82, 2.24) is 39.6 Å². The van der Waals surface area contributed by atoms with Crippen LogP contribution in [0.3, 0.4) is 0 Å². The van der Waals surface area contributed by atoms with E-state index in [1.807, 2.05) is 41.8 Å². The van der Waals surface area contributed by atoms with Crippen molar-refractivity contribution >= 4 is 34.5 Å². The van der Waals surface area contributed by atoms with E-state index in [1.165, 1.54) is 11.2 Å². The Balaban J connectivity index is 1.46. The third-order valence-electron chi connectivity index (χ3n) is 6.80. The summed E-state index contributed by atoms with van der Waals surface area (Å²) in [6.07, 6.45) is 3.26. The summed E-state index contributed by atoms with van der Waals surface area (Å²) in [6.45, 7) is 8.06. The lowest BCUT2D eigenvalue weighted by Gasteiger charge is -2.26. The minimum atomic E-state index is -0.0778. The predicted molar refractivity (Wildman–Crippen MR) is 156 cm³/mol. The molecule has 12 heteroatoms. The number of nitrogens with zero attached hydrogens (tertiary/aromatic N) is 7. The zero-order valence-electron chi connectivity index (χ0n) is 23.0. The number of aromatic nitrogens is 5. The second kappa shape index (κ2) is 12.6. The second-order valence-corrected chi connectivity index (χ2v) is 10.4. The summed E-state index contributed by atoms with van der Waals surface area (Å²) in [5, 5.41) is 6.99. The van der Waals surface area contributed by atoms with Crippen LogP contribution in [0, 0.1) is 6.92 Å². The molecule has 40 heavy (non-hydrogen) atoms. The molecule has 0 atom stereocenters. The summed E-state index contributed by atoms with van der Waals surface area (Å²) < 4.78 is 8.00. The Morgan fingerprint density at radius 2 is 1.98 bits per heavy atom. The Bertz CT molecular complexity index is 1480. The molecule has 210 valence electrons. The van der Waals surface area contributed by atoms with Crippen molar-refractivity contribution in [2.24, 2.45) is 0 Å². The van der Waals surface area contributed by atoms with Crippen LogP contribution >= 0.6 is 11.6 Å². The number of rotatable bonds is 10. The molecule has 0 unspecified atom stereocenters. The first-order chi connectivity index (χ1) is 19.4. The summed E-state index contributed by atoms with van der Waals surface area (Å²) in [5.74, 6) is 1.72. The number of pyridine rings is 1. The molecule has 1 fully saturated rings. The number of aryl methyl sites for hydroxylation is 1. The highest BCUT2D eigenvalue weighted by Crippen LogP contribution is 2.34. The number of benzene rings is 1. The van der Waals surface area contributed by atoms with E-state index in [1.54, 1.807) is 20.3 Å². The molecule has 5 rings (SSSR count). The average Bonchev–Trinajstić information content (AvgIpc) is 3.30. The van der Waals surface area contributed by atoms with E-state index in [0.717, 1.165) is 49.5 Å². The SMILES string of the molecule is Cc1ccnc(Cn2c(-c3ccc(OCCN4CCNCC4)cc3Cl)nc3c(NCC(=O)N(C)C)ncnc32)c1. The minimum absolute atomic E-state index is 0.0778. The quantitative estimate of drug-likeness (QED) is 0.300. The fourth-order valence-corrected chi connectivity index (χ4v) is 4.84. The molecule has 2 N–H and O–H groups in total. The summed E-state index contributed by atoms with van der Waals surface area (Å²) in [7, 11) is 3.42. The maximum Gasteiger partial charge on any atom is 0.241 e. The number of halogens is 1. The van der Waals surface area contributed by atoms with Crippen LogP contribution < -0.4 is 15.4 Å².